The van der Waals surface area contributed by atoms with Crippen molar-refractivity contribution in [2.75, 3.05) is 36.0 Å². The molecule has 0 saturated carbocycles. The van der Waals surface area contributed by atoms with Gasteiger partial charge in [-0.3, -0.25) is 9.10 Å². The van der Waals surface area contributed by atoms with Crippen molar-refractivity contribution in [2.45, 2.75) is 19.1 Å². The van der Waals surface area contributed by atoms with E-state index in [9.17, 15) is 13.2 Å². The minimum Gasteiger partial charge on any atom is -0.494 e. The molecule has 9 heteroatoms. The van der Waals surface area contributed by atoms with Gasteiger partial charge in [-0.2, -0.15) is 11.8 Å². The second kappa shape index (κ2) is 12.1. The lowest BCUT2D eigenvalue weighted by atomic mass is 10.2. The van der Waals surface area contributed by atoms with Crippen molar-refractivity contribution in [3.05, 3.63) is 59.1 Å². The second-order valence-electron chi connectivity index (χ2n) is 6.64. The van der Waals surface area contributed by atoms with E-state index in [-0.39, 0.29) is 12.5 Å². The van der Waals surface area contributed by atoms with Gasteiger partial charge in [0.1, 0.15) is 12.3 Å². The predicted molar refractivity (Wildman–Crippen MR) is 125 cm³/mol. The summed E-state index contributed by atoms with van der Waals surface area (Å²) in [6.45, 7) is 2.79. The number of amides is 1. The van der Waals surface area contributed by atoms with Crippen molar-refractivity contribution in [1.82, 2.24) is 5.32 Å². The molecule has 0 aliphatic heterocycles. The van der Waals surface area contributed by atoms with Crippen LogP contribution in [-0.2, 0) is 20.6 Å². The molecule has 2 aromatic carbocycles. The first-order valence-corrected chi connectivity index (χ1v) is 13.0. The summed E-state index contributed by atoms with van der Waals surface area (Å²) in [5, 5.41) is 3.48. The van der Waals surface area contributed by atoms with Gasteiger partial charge in [0.2, 0.25) is 15.9 Å². The maximum Gasteiger partial charge on any atom is 0.240 e. The average molecular weight is 471 g/mol. The third-order valence-corrected chi connectivity index (χ3v) is 6.46. The van der Waals surface area contributed by atoms with Crippen LogP contribution >= 0.6 is 23.4 Å². The maximum atomic E-state index is 12.3. The molecule has 1 N–H and O–H groups in total. The van der Waals surface area contributed by atoms with Crippen molar-refractivity contribution in [1.29, 1.82) is 0 Å². The highest BCUT2D eigenvalue weighted by Crippen LogP contribution is 2.21. The van der Waals surface area contributed by atoms with Crippen LogP contribution < -0.4 is 14.4 Å². The summed E-state index contributed by atoms with van der Waals surface area (Å²) >= 11 is 7.55. The molecule has 1 amide bonds. The molecule has 0 saturated heterocycles. The molecule has 0 unspecified atom stereocenters. The van der Waals surface area contributed by atoms with Gasteiger partial charge >= 0.3 is 0 Å². The number of benzene rings is 2. The van der Waals surface area contributed by atoms with Crippen LogP contribution in [-0.4, -0.2) is 46.0 Å². The Hall–Kier alpha value is -1.90. The van der Waals surface area contributed by atoms with Crippen molar-refractivity contribution in [2.24, 2.45) is 0 Å². The molecule has 6 nitrogen and oxygen atoms in total. The zero-order valence-electron chi connectivity index (χ0n) is 17.1. The van der Waals surface area contributed by atoms with Gasteiger partial charge in [0.15, 0.2) is 0 Å². The van der Waals surface area contributed by atoms with Gasteiger partial charge in [0, 0.05) is 23.1 Å². The largest absolute Gasteiger partial charge is 0.494 e. The number of sulfonamides is 1. The molecule has 2 rings (SSSR count). The fourth-order valence-electron chi connectivity index (χ4n) is 2.55. The number of carbonyl (C=O) groups excluding carboxylic acids is 1. The minimum absolute atomic E-state index is 0.268. The van der Waals surface area contributed by atoms with Crippen LogP contribution in [0.1, 0.15) is 18.9 Å². The lowest BCUT2D eigenvalue weighted by Gasteiger charge is -2.22. The quantitative estimate of drug-likeness (QED) is 0.475. The summed E-state index contributed by atoms with van der Waals surface area (Å²) < 4.78 is 31.0. The van der Waals surface area contributed by atoms with Crippen molar-refractivity contribution < 1.29 is 17.9 Å². The Morgan fingerprint density at radius 2 is 1.80 bits per heavy atom. The van der Waals surface area contributed by atoms with Crippen LogP contribution in [0.25, 0.3) is 0 Å². The molecule has 0 radical (unpaired) electrons. The van der Waals surface area contributed by atoms with Gasteiger partial charge in [0.05, 0.1) is 18.6 Å². The number of ether oxygens (including phenoxy) is 1. The molecule has 0 fully saturated rings. The topological polar surface area (TPSA) is 75.7 Å². The van der Waals surface area contributed by atoms with Crippen LogP contribution in [0, 0.1) is 0 Å². The van der Waals surface area contributed by atoms with E-state index in [4.69, 9.17) is 16.3 Å². The number of halogens is 1. The van der Waals surface area contributed by atoms with Crippen LogP contribution in [0.4, 0.5) is 5.69 Å². The predicted octanol–water partition coefficient (Wildman–Crippen LogP) is 3.94. The second-order valence-corrected chi connectivity index (χ2v) is 10.1. The minimum atomic E-state index is -3.60. The van der Waals surface area contributed by atoms with Gasteiger partial charge in [-0.25, -0.2) is 8.42 Å². The number of nitrogens with one attached hydrogen (secondary N) is 1. The molecule has 0 spiro atoms. The standard InChI is InChI=1S/C21H27ClN2O4S2/c1-3-13-28-20-10-8-19(9-11-20)24(30(2,26)27)15-21(25)23-12-14-29-16-17-4-6-18(22)7-5-17/h4-11H,3,12-16H2,1-2H3,(H,23,25). The van der Waals surface area contributed by atoms with Gasteiger partial charge < -0.3 is 10.1 Å². The summed E-state index contributed by atoms with van der Waals surface area (Å²) in [5.41, 5.74) is 1.58. The summed E-state index contributed by atoms with van der Waals surface area (Å²) in [4.78, 5) is 12.3. The summed E-state index contributed by atoms with van der Waals surface area (Å²) in [6, 6.07) is 14.3. The highest BCUT2D eigenvalue weighted by atomic mass is 35.5. The lowest BCUT2D eigenvalue weighted by molar-refractivity contribution is -0.119. The fourth-order valence-corrected chi connectivity index (χ4v) is 4.35. The highest BCUT2D eigenvalue weighted by Gasteiger charge is 2.20. The third-order valence-electron chi connectivity index (χ3n) is 4.04. The number of thioether (sulfide) groups is 1. The SMILES string of the molecule is CCCOc1ccc(N(CC(=O)NCCSCc2ccc(Cl)cc2)S(C)(=O)=O)cc1. The Bertz CT molecular complexity index is 904. The van der Waals surface area contributed by atoms with E-state index in [1.807, 2.05) is 31.2 Å². The first-order valence-electron chi connectivity index (χ1n) is 9.59. The molecule has 0 aliphatic carbocycles. The number of anilines is 1. The van der Waals surface area contributed by atoms with E-state index in [1.54, 1.807) is 36.0 Å². The zero-order valence-corrected chi connectivity index (χ0v) is 19.5. The molecular weight excluding hydrogens is 444 g/mol. The molecule has 0 heterocycles. The van der Waals surface area contributed by atoms with Gasteiger partial charge in [0.25, 0.3) is 0 Å². The first-order chi connectivity index (χ1) is 14.3. The third kappa shape index (κ3) is 8.45. The Balaban J connectivity index is 1.82. The van der Waals surface area contributed by atoms with Crippen molar-refractivity contribution in [3.8, 4) is 5.75 Å². The van der Waals surface area contributed by atoms with Crippen LogP contribution in [0.2, 0.25) is 5.02 Å². The Labute approximate surface area is 188 Å². The van der Waals surface area contributed by atoms with E-state index in [1.165, 1.54) is 0 Å². The summed E-state index contributed by atoms with van der Waals surface area (Å²) in [7, 11) is -3.60. The molecule has 2 aromatic rings. The van der Waals surface area contributed by atoms with Crippen LogP contribution in [0.3, 0.4) is 0 Å². The highest BCUT2D eigenvalue weighted by molar-refractivity contribution is 7.98. The lowest BCUT2D eigenvalue weighted by Crippen LogP contribution is -2.41. The normalized spacial score (nSPS) is 11.2. The van der Waals surface area contributed by atoms with E-state index >= 15 is 0 Å². The van der Waals surface area contributed by atoms with E-state index in [0.717, 1.165) is 34.1 Å². The molecule has 0 aromatic heterocycles. The average Bonchev–Trinajstić information content (AvgIpc) is 2.71. The molecule has 0 bridgehead atoms. The Morgan fingerprint density at radius 1 is 1.13 bits per heavy atom. The van der Waals surface area contributed by atoms with E-state index < -0.39 is 10.0 Å². The number of hydrogen-bond donors (Lipinski definition) is 1. The monoisotopic (exact) mass is 470 g/mol. The summed E-state index contributed by atoms with van der Waals surface area (Å²) in [5.74, 6) is 1.85. The molecular formula is C21H27ClN2O4S2. The number of hydrogen-bond acceptors (Lipinski definition) is 5. The number of rotatable bonds is 12. The van der Waals surface area contributed by atoms with Crippen LogP contribution in [0.15, 0.2) is 48.5 Å². The summed E-state index contributed by atoms with van der Waals surface area (Å²) in [6.07, 6.45) is 1.97. The maximum absolute atomic E-state index is 12.3. The van der Waals surface area contributed by atoms with Gasteiger partial charge in [-0.15, -0.1) is 0 Å². The number of nitrogens with zero attached hydrogens (tertiary/aromatic N) is 1. The molecule has 0 aliphatic rings. The van der Waals surface area contributed by atoms with Crippen LogP contribution in [0.5, 0.6) is 5.75 Å². The van der Waals surface area contributed by atoms with Gasteiger partial charge in [-0.05, 0) is 48.4 Å². The Morgan fingerprint density at radius 3 is 2.40 bits per heavy atom. The molecule has 0 atom stereocenters. The van der Waals surface area contributed by atoms with E-state index in [0.29, 0.717) is 29.6 Å². The fraction of sp³-hybridized carbons (Fsp3) is 0.381. The Kier molecular flexibility index (Phi) is 9.81. The van der Waals surface area contributed by atoms with E-state index in [2.05, 4.69) is 5.32 Å². The number of carbonyl (C=O) groups is 1. The molecule has 30 heavy (non-hydrogen) atoms. The van der Waals surface area contributed by atoms with Crippen molar-refractivity contribution in [3.63, 3.8) is 0 Å². The molecule has 164 valence electrons. The zero-order chi connectivity index (χ0) is 22.0. The van der Waals surface area contributed by atoms with Crippen molar-refractivity contribution >= 4 is 45.0 Å². The first kappa shape index (κ1) is 24.4. The van der Waals surface area contributed by atoms with Gasteiger partial charge in [-0.1, -0.05) is 30.7 Å². The smallest absolute Gasteiger partial charge is 0.240 e.